The number of rotatable bonds is 7. The fraction of sp³-hybridized carbons (Fsp3) is 0.130. The van der Waals surface area contributed by atoms with Crippen molar-refractivity contribution in [2.75, 3.05) is 19.0 Å². The van der Waals surface area contributed by atoms with E-state index in [1.807, 2.05) is 48.0 Å². The van der Waals surface area contributed by atoms with Gasteiger partial charge >= 0.3 is 0 Å². The second kappa shape index (κ2) is 9.78. The number of benzene rings is 1. The van der Waals surface area contributed by atoms with Crippen LogP contribution in [-0.4, -0.2) is 28.6 Å². The number of thioether (sulfide) groups is 1. The number of pyridine rings is 1. The molecule has 0 radical (unpaired) electrons. The van der Waals surface area contributed by atoms with E-state index in [1.54, 1.807) is 25.6 Å². The summed E-state index contributed by atoms with van der Waals surface area (Å²) in [6.45, 7) is 0.669. The first-order valence-electron chi connectivity index (χ1n) is 9.65. The third kappa shape index (κ3) is 5.02. The van der Waals surface area contributed by atoms with Crippen molar-refractivity contribution in [2.24, 2.45) is 0 Å². The molecule has 2 N–H and O–H groups in total. The molecule has 0 amide bonds. The lowest BCUT2D eigenvalue weighted by Gasteiger charge is -2.09. The Kier molecular flexibility index (Phi) is 6.45. The van der Waals surface area contributed by atoms with Crippen LogP contribution in [0.15, 0.2) is 71.5 Å². The minimum absolute atomic E-state index is 0.469. The maximum absolute atomic E-state index is 9.80. The Bertz CT molecular complexity index is 1170. The van der Waals surface area contributed by atoms with Crippen LogP contribution in [0.1, 0.15) is 16.8 Å². The van der Waals surface area contributed by atoms with Crippen molar-refractivity contribution in [3.05, 3.63) is 88.3 Å². The lowest BCUT2D eigenvalue weighted by molar-refractivity contribution is 0.414. The molecule has 0 atom stereocenters. The SMILES string of the molecule is COc1cccc(C2=CS/C(=C(\C#N)c3ccnc(NCCc4cccnc4)n3)N2)c1. The van der Waals surface area contributed by atoms with E-state index >= 15 is 0 Å². The van der Waals surface area contributed by atoms with E-state index in [-0.39, 0.29) is 0 Å². The van der Waals surface area contributed by atoms with Gasteiger partial charge in [0.25, 0.3) is 0 Å². The number of nitrogens with zero attached hydrogens (tertiary/aromatic N) is 4. The summed E-state index contributed by atoms with van der Waals surface area (Å²) in [5, 5.41) is 19.1. The average molecular weight is 429 g/mol. The number of methoxy groups -OCH3 is 1. The van der Waals surface area contributed by atoms with Gasteiger partial charge in [-0.1, -0.05) is 30.0 Å². The molecule has 3 heterocycles. The number of anilines is 1. The molecule has 1 aliphatic rings. The molecule has 7 nitrogen and oxygen atoms in total. The molecule has 0 unspecified atom stereocenters. The second-order valence-corrected chi connectivity index (χ2v) is 7.51. The Morgan fingerprint density at radius 1 is 1.23 bits per heavy atom. The molecule has 31 heavy (non-hydrogen) atoms. The number of ether oxygens (including phenoxy) is 1. The number of nitriles is 1. The van der Waals surface area contributed by atoms with Gasteiger partial charge in [0.1, 0.15) is 17.4 Å². The zero-order valence-electron chi connectivity index (χ0n) is 16.9. The highest BCUT2D eigenvalue weighted by Gasteiger charge is 2.19. The molecule has 0 aliphatic carbocycles. The first-order valence-corrected chi connectivity index (χ1v) is 10.5. The summed E-state index contributed by atoms with van der Waals surface area (Å²) in [5.74, 6) is 1.26. The second-order valence-electron chi connectivity index (χ2n) is 6.63. The van der Waals surface area contributed by atoms with E-state index in [1.165, 1.54) is 11.8 Å². The van der Waals surface area contributed by atoms with Crippen LogP contribution >= 0.6 is 11.8 Å². The molecule has 8 heteroatoms. The summed E-state index contributed by atoms with van der Waals surface area (Å²) < 4.78 is 5.30. The summed E-state index contributed by atoms with van der Waals surface area (Å²) >= 11 is 1.46. The lowest BCUT2D eigenvalue weighted by atomic mass is 10.1. The molecule has 0 fully saturated rings. The van der Waals surface area contributed by atoms with Crippen molar-refractivity contribution in [3.8, 4) is 11.8 Å². The highest BCUT2D eigenvalue weighted by Crippen LogP contribution is 2.35. The normalized spacial score (nSPS) is 14.3. The van der Waals surface area contributed by atoms with Gasteiger partial charge in [-0.25, -0.2) is 9.97 Å². The van der Waals surface area contributed by atoms with Crippen LogP contribution in [0.4, 0.5) is 5.95 Å². The summed E-state index contributed by atoms with van der Waals surface area (Å²) in [5.41, 5.74) is 4.07. The first kappa shape index (κ1) is 20.4. The maximum Gasteiger partial charge on any atom is 0.223 e. The van der Waals surface area contributed by atoms with E-state index in [4.69, 9.17) is 4.74 Å². The number of aromatic nitrogens is 3. The first-order chi connectivity index (χ1) is 15.3. The quantitative estimate of drug-likeness (QED) is 0.544. The third-order valence-electron chi connectivity index (χ3n) is 4.59. The zero-order chi connectivity index (χ0) is 21.5. The van der Waals surface area contributed by atoms with E-state index in [0.717, 1.165) is 34.0 Å². The minimum Gasteiger partial charge on any atom is -0.497 e. The maximum atomic E-state index is 9.80. The average Bonchev–Trinajstić information content (AvgIpc) is 3.31. The van der Waals surface area contributed by atoms with Crippen LogP contribution < -0.4 is 15.4 Å². The summed E-state index contributed by atoms with van der Waals surface area (Å²) in [6, 6.07) is 15.7. The summed E-state index contributed by atoms with van der Waals surface area (Å²) in [7, 11) is 1.64. The van der Waals surface area contributed by atoms with Crippen molar-refractivity contribution in [3.63, 3.8) is 0 Å². The molecule has 0 bridgehead atoms. The Labute approximate surface area is 184 Å². The molecule has 154 valence electrons. The van der Waals surface area contributed by atoms with Crippen molar-refractivity contribution < 1.29 is 4.74 Å². The topological polar surface area (TPSA) is 95.8 Å². The molecule has 1 aromatic carbocycles. The Hall–Kier alpha value is -3.83. The molecule has 4 rings (SSSR count). The monoisotopic (exact) mass is 428 g/mol. The molecular weight excluding hydrogens is 408 g/mol. The van der Waals surface area contributed by atoms with Crippen molar-refractivity contribution >= 4 is 29.0 Å². The van der Waals surface area contributed by atoms with Crippen molar-refractivity contribution in [1.82, 2.24) is 20.3 Å². The highest BCUT2D eigenvalue weighted by molar-refractivity contribution is 8.06. The van der Waals surface area contributed by atoms with Gasteiger partial charge < -0.3 is 15.4 Å². The van der Waals surface area contributed by atoms with E-state index in [2.05, 4.69) is 31.7 Å². The Morgan fingerprint density at radius 2 is 2.16 bits per heavy atom. The molecule has 3 aromatic rings. The van der Waals surface area contributed by atoms with Gasteiger partial charge in [0, 0.05) is 36.1 Å². The van der Waals surface area contributed by atoms with Gasteiger partial charge in [0.15, 0.2) is 0 Å². The number of nitrogens with one attached hydrogen (secondary N) is 2. The summed E-state index contributed by atoms with van der Waals surface area (Å²) in [6.07, 6.45) is 6.05. The van der Waals surface area contributed by atoms with E-state index in [0.29, 0.717) is 23.8 Å². The van der Waals surface area contributed by atoms with Crippen LogP contribution in [0.3, 0.4) is 0 Å². The number of allylic oxidation sites excluding steroid dienone is 1. The van der Waals surface area contributed by atoms with Crippen LogP contribution in [0.2, 0.25) is 0 Å². The van der Waals surface area contributed by atoms with Crippen LogP contribution in [-0.2, 0) is 6.42 Å². The predicted octanol–water partition coefficient (Wildman–Crippen LogP) is 4.06. The fourth-order valence-electron chi connectivity index (χ4n) is 3.02. The van der Waals surface area contributed by atoms with Gasteiger partial charge in [-0.2, -0.15) is 5.26 Å². The number of hydrogen-bond acceptors (Lipinski definition) is 8. The molecular formula is C23H20N6OS. The largest absolute Gasteiger partial charge is 0.497 e. The van der Waals surface area contributed by atoms with Crippen LogP contribution in [0, 0.1) is 11.3 Å². The zero-order valence-corrected chi connectivity index (χ0v) is 17.7. The minimum atomic E-state index is 0.469. The summed E-state index contributed by atoms with van der Waals surface area (Å²) in [4.78, 5) is 12.9. The Morgan fingerprint density at radius 3 is 2.97 bits per heavy atom. The fourth-order valence-corrected chi connectivity index (χ4v) is 3.89. The third-order valence-corrected chi connectivity index (χ3v) is 5.49. The van der Waals surface area contributed by atoms with Gasteiger partial charge in [-0.3, -0.25) is 4.98 Å². The molecule has 0 saturated carbocycles. The lowest BCUT2D eigenvalue weighted by Crippen LogP contribution is -2.10. The van der Waals surface area contributed by atoms with Crippen LogP contribution in [0.5, 0.6) is 5.75 Å². The van der Waals surface area contributed by atoms with Gasteiger partial charge in [0.05, 0.1) is 23.5 Å². The van der Waals surface area contributed by atoms with Gasteiger partial charge in [-0.05, 0) is 36.2 Å². The van der Waals surface area contributed by atoms with Gasteiger partial charge in [0.2, 0.25) is 5.95 Å². The van der Waals surface area contributed by atoms with E-state index < -0.39 is 0 Å². The Balaban J connectivity index is 1.47. The van der Waals surface area contributed by atoms with E-state index in [9.17, 15) is 5.26 Å². The van der Waals surface area contributed by atoms with Crippen molar-refractivity contribution in [1.29, 1.82) is 5.26 Å². The van der Waals surface area contributed by atoms with Crippen molar-refractivity contribution in [2.45, 2.75) is 6.42 Å². The standard InChI is InChI=1S/C23H20N6OS/c1-30-18-6-2-5-17(12-18)21-15-31-22(28-21)19(13-24)20-8-11-27-23(29-20)26-10-7-16-4-3-9-25-14-16/h2-6,8-9,11-12,14-15,28H,7,10H2,1H3,(H,26,27,29)/b22-19+. The molecule has 0 spiro atoms. The molecule has 2 aromatic heterocycles. The number of hydrogen-bond donors (Lipinski definition) is 2. The highest BCUT2D eigenvalue weighted by atomic mass is 32.2. The predicted molar refractivity (Wildman–Crippen MR) is 123 cm³/mol. The molecule has 1 aliphatic heterocycles. The molecule has 0 saturated heterocycles. The smallest absolute Gasteiger partial charge is 0.223 e. The van der Waals surface area contributed by atoms with Gasteiger partial charge in [-0.15, -0.1) is 0 Å². The van der Waals surface area contributed by atoms with Crippen LogP contribution in [0.25, 0.3) is 11.3 Å².